The van der Waals surface area contributed by atoms with Crippen LogP contribution in [0.25, 0.3) is 0 Å². The lowest BCUT2D eigenvalue weighted by molar-refractivity contribution is 0.0740. The van der Waals surface area contributed by atoms with Crippen LogP contribution in [0.5, 0.6) is 0 Å². The van der Waals surface area contributed by atoms with Crippen LogP contribution in [0, 0.1) is 17.8 Å². The van der Waals surface area contributed by atoms with E-state index in [-0.39, 0.29) is 12.5 Å². The zero-order valence-corrected chi connectivity index (χ0v) is 12.4. The molecule has 1 amide bonds. The van der Waals surface area contributed by atoms with E-state index in [1.807, 2.05) is 11.8 Å². The normalized spacial score (nSPS) is 11.4. The number of rotatable bonds is 5. The van der Waals surface area contributed by atoms with E-state index in [0.717, 1.165) is 13.0 Å². The molecule has 1 unspecified atom stereocenters. The number of hydrogen-bond acceptors (Lipinski definition) is 3. The first-order valence-corrected chi connectivity index (χ1v) is 6.96. The zero-order valence-electron chi connectivity index (χ0n) is 12.4. The number of aliphatic hydroxyl groups is 1. The molecule has 0 radical (unpaired) electrons. The first kappa shape index (κ1) is 16.2. The number of aromatic nitrogens is 1. The molecule has 0 bridgehead atoms. The van der Waals surface area contributed by atoms with Crippen molar-refractivity contribution in [2.45, 2.75) is 27.2 Å². The van der Waals surface area contributed by atoms with Gasteiger partial charge in [-0.25, -0.2) is 0 Å². The lowest BCUT2D eigenvalue weighted by Gasteiger charge is -2.24. The minimum Gasteiger partial charge on any atom is -0.384 e. The van der Waals surface area contributed by atoms with Crippen LogP contribution in [-0.2, 0) is 0 Å². The lowest BCUT2D eigenvalue weighted by atomic mass is 10.1. The zero-order chi connectivity index (χ0) is 15.0. The minimum atomic E-state index is -0.201. The van der Waals surface area contributed by atoms with Gasteiger partial charge in [-0.05, 0) is 18.9 Å². The maximum Gasteiger partial charge on any atom is 0.255 e. The molecule has 4 nitrogen and oxygen atoms in total. The monoisotopic (exact) mass is 274 g/mol. The molecule has 1 atom stereocenters. The number of nitrogens with zero attached hydrogens (tertiary/aromatic N) is 2. The Bertz CT molecular complexity index is 503. The van der Waals surface area contributed by atoms with Gasteiger partial charge in [0.25, 0.3) is 5.91 Å². The molecule has 0 saturated heterocycles. The summed E-state index contributed by atoms with van der Waals surface area (Å²) in [7, 11) is 0. The molecular formula is C16H22N2O2. The lowest BCUT2D eigenvalue weighted by Crippen LogP contribution is -2.34. The predicted molar refractivity (Wildman–Crippen MR) is 79.2 cm³/mol. The van der Waals surface area contributed by atoms with Crippen molar-refractivity contribution in [3.63, 3.8) is 0 Å². The Labute approximate surface area is 120 Å². The van der Waals surface area contributed by atoms with Crippen LogP contribution < -0.4 is 0 Å². The summed E-state index contributed by atoms with van der Waals surface area (Å²) in [4.78, 5) is 18.3. The Morgan fingerprint density at radius 2 is 2.20 bits per heavy atom. The van der Waals surface area contributed by atoms with Gasteiger partial charge >= 0.3 is 0 Å². The van der Waals surface area contributed by atoms with Crippen molar-refractivity contribution in [1.82, 2.24) is 9.88 Å². The summed E-state index contributed by atoms with van der Waals surface area (Å²) < 4.78 is 0. The van der Waals surface area contributed by atoms with E-state index in [1.165, 1.54) is 0 Å². The second-order valence-electron chi connectivity index (χ2n) is 4.78. The molecular weight excluding hydrogens is 252 g/mol. The Balaban J connectivity index is 2.89. The minimum absolute atomic E-state index is 0.0204. The van der Waals surface area contributed by atoms with Gasteiger partial charge in [0.05, 0.1) is 5.56 Å². The molecule has 0 aromatic carbocycles. The van der Waals surface area contributed by atoms with Crippen LogP contribution >= 0.6 is 0 Å². The van der Waals surface area contributed by atoms with Crippen LogP contribution in [0.4, 0.5) is 0 Å². The van der Waals surface area contributed by atoms with E-state index in [4.69, 9.17) is 5.11 Å². The molecule has 4 heteroatoms. The fourth-order valence-corrected chi connectivity index (χ4v) is 1.81. The number of carbonyl (C=O) groups is 1. The van der Waals surface area contributed by atoms with Crippen molar-refractivity contribution in [2.24, 2.45) is 5.92 Å². The molecule has 1 aromatic heterocycles. The van der Waals surface area contributed by atoms with Gasteiger partial charge in [-0.1, -0.05) is 32.1 Å². The first-order chi connectivity index (χ1) is 9.62. The van der Waals surface area contributed by atoms with Crippen molar-refractivity contribution in [3.05, 3.63) is 29.6 Å². The molecule has 1 aromatic rings. The van der Waals surface area contributed by atoms with Crippen molar-refractivity contribution in [3.8, 4) is 11.8 Å². The number of carbonyl (C=O) groups excluding carboxylic acids is 1. The van der Waals surface area contributed by atoms with Crippen LogP contribution in [0.15, 0.2) is 18.5 Å². The molecule has 0 aliphatic heterocycles. The number of amides is 1. The highest BCUT2D eigenvalue weighted by molar-refractivity contribution is 5.94. The van der Waals surface area contributed by atoms with Crippen molar-refractivity contribution >= 4 is 5.91 Å². The molecule has 0 spiro atoms. The van der Waals surface area contributed by atoms with Crippen LogP contribution in [-0.4, -0.2) is 40.6 Å². The van der Waals surface area contributed by atoms with Gasteiger partial charge in [-0.2, -0.15) is 0 Å². The second-order valence-corrected chi connectivity index (χ2v) is 4.78. The number of hydrogen-bond donors (Lipinski definition) is 1. The first-order valence-electron chi connectivity index (χ1n) is 6.96. The van der Waals surface area contributed by atoms with Crippen molar-refractivity contribution < 1.29 is 9.90 Å². The van der Waals surface area contributed by atoms with Crippen LogP contribution in [0.1, 0.15) is 43.1 Å². The Kier molecular flexibility index (Phi) is 6.75. The van der Waals surface area contributed by atoms with Gasteiger partial charge in [0.15, 0.2) is 0 Å². The molecule has 1 heterocycles. The maximum atomic E-state index is 12.4. The molecule has 0 fully saturated rings. The van der Waals surface area contributed by atoms with E-state index >= 15 is 0 Å². The van der Waals surface area contributed by atoms with Gasteiger partial charge < -0.3 is 10.0 Å². The highest BCUT2D eigenvalue weighted by Crippen LogP contribution is 2.10. The average molecular weight is 274 g/mol. The molecule has 1 N–H and O–H groups in total. The smallest absolute Gasteiger partial charge is 0.255 e. The Morgan fingerprint density at radius 1 is 1.45 bits per heavy atom. The summed E-state index contributed by atoms with van der Waals surface area (Å²) in [6.45, 7) is 7.46. The summed E-state index contributed by atoms with van der Waals surface area (Å²) in [6, 6.07) is 1.72. The van der Waals surface area contributed by atoms with E-state index in [2.05, 4.69) is 30.7 Å². The van der Waals surface area contributed by atoms with Crippen LogP contribution in [0.2, 0.25) is 0 Å². The molecule has 108 valence electrons. The summed E-state index contributed by atoms with van der Waals surface area (Å²) >= 11 is 0. The quantitative estimate of drug-likeness (QED) is 0.835. The van der Waals surface area contributed by atoms with E-state index in [9.17, 15) is 4.79 Å². The number of aliphatic hydroxyl groups excluding tert-OH is 1. The van der Waals surface area contributed by atoms with Gasteiger partial charge in [-0.3, -0.25) is 9.78 Å². The van der Waals surface area contributed by atoms with Gasteiger partial charge in [-0.15, -0.1) is 0 Å². The van der Waals surface area contributed by atoms with E-state index in [0.29, 0.717) is 23.6 Å². The van der Waals surface area contributed by atoms with Crippen LogP contribution in [0.3, 0.4) is 0 Å². The van der Waals surface area contributed by atoms with Crippen molar-refractivity contribution in [1.29, 1.82) is 0 Å². The third-order valence-corrected chi connectivity index (χ3v) is 3.19. The Hall–Kier alpha value is -1.86. The molecule has 0 saturated carbocycles. The molecule has 0 aliphatic rings. The maximum absolute atomic E-state index is 12.4. The fraction of sp³-hybridized carbons (Fsp3) is 0.500. The average Bonchev–Trinajstić information content (AvgIpc) is 2.49. The Morgan fingerprint density at radius 3 is 2.80 bits per heavy atom. The van der Waals surface area contributed by atoms with Gasteiger partial charge in [0.1, 0.15) is 6.61 Å². The number of pyridine rings is 1. The third kappa shape index (κ3) is 4.67. The standard InChI is InChI=1S/C16H22N2O2/c1-4-13(3)12-18(5-2)16(20)15-9-14(7-6-8-19)10-17-11-15/h9-11,13,19H,4-5,8,12H2,1-3H3. The molecule has 1 rings (SSSR count). The van der Waals surface area contributed by atoms with E-state index < -0.39 is 0 Å². The predicted octanol–water partition coefficient (Wildman–Crippen LogP) is 1.93. The summed E-state index contributed by atoms with van der Waals surface area (Å²) in [6.07, 6.45) is 4.19. The van der Waals surface area contributed by atoms with Gasteiger partial charge in [0, 0.05) is 31.0 Å². The largest absolute Gasteiger partial charge is 0.384 e. The fourth-order valence-electron chi connectivity index (χ4n) is 1.81. The molecule has 0 aliphatic carbocycles. The summed E-state index contributed by atoms with van der Waals surface area (Å²) in [5, 5.41) is 8.69. The highest BCUT2D eigenvalue weighted by Gasteiger charge is 2.16. The molecule has 20 heavy (non-hydrogen) atoms. The van der Waals surface area contributed by atoms with E-state index in [1.54, 1.807) is 18.5 Å². The van der Waals surface area contributed by atoms with Gasteiger partial charge in [0.2, 0.25) is 0 Å². The SMILES string of the molecule is CCC(C)CN(CC)C(=O)c1cncc(C#CCO)c1. The second kappa shape index (κ2) is 8.34. The third-order valence-electron chi connectivity index (χ3n) is 3.19. The van der Waals surface area contributed by atoms with Crippen molar-refractivity contribution in [2.75, 3.05) is 19.7 Å². The summed E-state index contributed by atoms with van der Waals surface area (Å²) in [5.41, 5.74) is 1.18. The summed E-state index contributed by atoms with van der Waals surface area (Å²) in [5.74, 6) is 5.78. The topological polar surface area (TPSA) is 53.4 Å². The highest BCUT2D eigenvalue weighted by atomic mass is 16.2.